The summed E-state index contributed by atoms with van der Waals surface area (Å²) in [6.45, 7) is 1.89. The average Bonchev–Trinajstić information content (AvgIpc) is 2.46. The van der Waals surface area contributed by atoms with E-state index in [0.717, 1.165) is 0 Å². The Morgan fingerprint density at radius 2 is 2.14 bits per heavy atom. The van der Waals surface area contributed by atoms with E-state index in [1.807, 2.05) is 6.07 Å². The molecular formula is C15H18F2N2O3. The highest BCUT2D eigenvalue weighted by atomic mass is 19.3. The van der Waals surface area contributed by atoms with E-state index in [1.165, 1.54) is 19.9 Å². The van der Waals surface area contributed by atoms with E-state index >= 15 is 0 Å². The van der Waals surface area contributed by atoms with Gasteiger partial charge in [-0.2, -0.15) is 14.0 Å². The summed E-state index contributed by atoms with van der Waals surface area (Å²) in [5.41, 5.74) is -0.866. The van der Waals surface area contributed by atoms with Crippen molar-refractivity contribution in [1.29, 1.82) is 5.26 Å². The van der Waals surface area contributed by atoms with Gasteiger partial charge in [0.2, 0.25) is 5.91 Å². The van der Waals surface area contributed by atoms with Gasteiger partial charge >= 0.3 is 6.61 Å². The van der Waals surface area contributed by atoms with Gasteiger partial charge < -0.3 is 14.8 Å². The number of alkyl halides is 2. The number of carbonyl (C=O) groups excluding carboxylic acids is 1. The van der Waals surface area contributed by atoms with Gasteiger partial charge in [0.05, 0.1) is 12.7 Å². The van der Waals surface area contributed by atoms with Crippen LogP contribution in [0.4, 0.5) is 8.78 Å². The predicted octanol–water partition coefficient (Wildman–Crippen LogP) is 2.85. The molecule has 0 aliphatic heterocycles. The molecule has 1 amide bonds. The molecule has 120 valence electrons. The molecule has 1 rings (SSSR count). The van der Waals surface area contributed by atoms with Crippen molar-refractivity contribution in [1.82, 2.24) is 5.32 Å². The molecule has 0 atom stereocenters. The van der Waals surface area contributed by atoms with Crippen LogP contribution in [0.3, 0.4) is 0 Å². The number of nitrogens with zero attached hydrogens (tertiary/aromatic N) is 1. The molecule has 1 aromatic carbocycles. The molecule has 0 unspecified atom stereocenters. The summed E-state index contributed by atoms with van der Waals surface area (Å²) >= 11 is 0. The topological polar surface area (TPSA) is 71.3 Å². The van der Waals surface area contributed by atoms with Gasteiger partial charge in [0, 0.05) is 12.1 Å². The summed E-state index contributed by atoms with van der Waals surface area (Å²) in [6.07, 6.45) is 0. The van der Waals surface area contributed by atoms with E-state index in [-0.39, 0.29) is 24.7 Å². The number of ether oxygens (including phenoxy) is 2. The first-order valence-corrected chi connectivity index (χ1v) is 6.71. The quantitative estimate of drug-likeness (QED) is 0.840. The van der Waals surface area contributed by atoms with Gasteiger partial charge in [0.15, 0.2) is 11.5 Å². The third-order valence-corrected chi connectivity index (χ3v) is 2.85. The molecule has 22 heavy (non-hydrogen) atoms. The minimum atomic E-state index is -3.01. The molecule has 1 aromatic rings. The minimum Gasteiger partial charge on any atom is -0.490 e. The number of rotatable bonds is 7. The van der Waals surface area contributed by atoms with Crippen LogP contribution in [0.5, 0.6) is 11.5 Å². The van der Waals surface area contributed by atoms with Crippen LogP contribution in [0.1, 0.15) is 26.3 Å². The summed E-state index contributed by atoms with van der Waals surface area (Å²) in [6, 6.07) is 6.53. The van der Waals surface area contributed by atoms with Gasteiger partial charge in [-0.15, -0.1) is 0 Å². The zero-order chi connectivity index (χ0) is 16.8. The number of benzene rings is 1. The first-order chi connectivity index (χ1) is 10.3. The molecule has 5 nitrogen and oxygen atoms in total. The van der Waals surface area contributed by atoms with Crippen LogP contribution in [0.15, 0.2) is 18.2 Å². The number of halogens is 2. The summed E-state index contributed by atoms with van der Waals surface area (Å²) in [4.78, 5) is 11.9. The average molecular weight is 312 g/mol. The van der Waals surface area contributed by atoms with Crippen LogP contribution < -0.4 is 14.8 Å². The van der Waals surface area contributed by atoms with Crippen LogP contribution in [-0.2, 0) is 11.3 Å². The SMILES string of the molecule is CCOc1cccc(CNC(=O)C(C)(C)C#N)c1OC(F)F. The molecule has 0 saturated carbocycles. The Morgan fingerprint density at radius 3 is 2.68 bits per heavy atom. The van der Waals surface area contributed by atoms with Crippen molar-refractivity contribution in [2.75, 3.05) is 6.61 Å². The van der Waals surface area contributed by atoms with E-state index < -0.39 is 17.9 Å². The number of hydrogen-bond acceptors (Lipinski definition) is 4. The lowest BCUT2D eigenvalue weighted by atomic mass is 9.94. The fourth-order valence-electron chi connectivity index (χ4n) is 1.64. The van der Waals surface area contributed by atoms with Gasteiger partial charge in [-0.25, -0.2) is 0 Å². The molecule has 0 spiro atoms. The molecule has 0 fully saturated rings. The van der Waals surface area contributed by atoms with Crippen molar-refractivity contribution in [2.45, 2.75) is 33.9 Å². The standard InChI is InChI=1S/C15H18F2N2O3/c1-4-21-11-7-5-6-10(12(11)22-14(16)17)8-19-13(20)15(2,3)9-18/h5-7,14H,4,8H2,1-3H3,(H,19,20). The Labute approximate surface area is 127 Å². The van der Waals surface area contributed by atoms with Crippen molar-refractivity contribution in [2.24, 2.45) is 5.41 Å². The summed E-state index contributed by atoms with van der Waals surface area (Å²) in [5, 5.41) is 11.4. The Balaban J connectivity index is 2.97. The lowest BCUT2D eigenvalue weighted by Gasteiger charge is -2.18. The van der Waals surface area contributed by atoms with Gasteiger partial charge in [-0.1, -0.05) is 12.1 Å². The van der Waals surface area contributed by atoms with Gasteiger partial charge in [0.1, 0.15) is 5.41 Å². The first kappa shape index (κ1) is 17.7. The van der Waals surface area contributed by atoms with E-state index in [4.69, 9.17) is 10.00 Å². The van der Waals surface area contributed by atoms with Gasteiger partial charge in [-0.05, 0) is 26.8 Å². The highest BCUT2D eigenvalue weighted by Crippen LogP contribution is 2.32. The van der Waals surface area contributed by atoms with Crippen LogP contribution >= 0.6 is 0 Å². The van der Waals surface area contributed by atoms with Crippen molar-refractivity contribution in [3.63, 3.8) is 0 Å². The first-order valence-electron chi connectivity index (χ1n) is 6.71. The van der Waals surface area contributed by atoms with Gasteiger partial charge in [0.25, 0.3) is 0 Å². The van der Waals surface area contributed by atoms with E-state index in [1.54, 1.807) is 19.1 Å². The zero-order valence-corrected chi connectivity index (χ0v) is 12.7. The molecule has 0 radical (unpaired) electrons. The lowest BCUT2D eigenvalue weighted by Crippen LogP contribution is -2.35. The Morgan fingerprint density at radius 1 is 1.45 bits per heavy atom. The van der Waals surface area contributed by atoms with E-state index in [9.17, 15) is 13.6 Å². The molecule has 0 heterocycles. The number of carbonyl (C=O) groups is 1. The number of hydrogen-bond donors (Lipinski definition) is 1. The van der Waals surface area contributed by atoms with Crippen molar-refractivity contribution >= 4 is 5.91 Å². The lowest BCUT2D eigenvalue weighted by molar-refractivity contribution is -0.126. The second kappa shape index (κ2) is 7.59. The van der Waals surface area contributed by atoms with Crippen LogP contribution in [0.2, 0.25) is 0 Å². The normalized spacial score (nSPS) is 11.0. The van der Waals surface area contributed by atoms with Crippen LogP contribution in [-0.4, -0.2) is 19.1 Å². The summed E-state index contributed by atoms with van der Waals surface area (Å²) in [7, 11) is 0. The predicted molar refractivity (Wildman–Crippen MR) is 75.5 cm³/mol. The monoisotopic (exact) mass is 312 g/mol. The molecule has 0 bridgehead atoms. The Bertz CT molecular complexity index is 568. The highest BCUT2D eigenvalue weighted by Gasteiger charge is 2.27. The van der Waals surface area contributed by atoms with Crippen LogP contribution in [0.25, 0.3) is 0 Å². The Kier molecular flexibility index (Phi) is 6.11. The zero-order valence-electron chi connectivity index (χ0n) is 12.7. The maximum absolute atomic E-state index is 12.6. The van der Waals surface area contributed by atoms with Crippen molar-refractivity contribution < 1.29 is 23.0 Å². The maximum Gasteiger partial charge on any atom is 0.387 e. The van der Waals surface area contributed by atoms with Crippen molar-refractivity contribution in [3.8, 4) is 17.6 Å². The second-order valence-electron chi connectivity index (χ2n) is 4.98. The third kappa shape index (κ3) is 4.58. The maximum atomic E-state index is 12.6. The summed E-state index contributed by atoms with van der Waals surface area (Å²) in [5.74, 6) is -0.441. The fourth-order valence-corrected chi connectivity index (χ4v) is 1.64. The number of nitriles is 1. The fraction of sp³-hybridized carbons (Fsp3) is 0.467. The van der Waals surface area contributed by atoms with E-state index in [2.05, 4.69) is 10.1 Å². The molecule has 0 aliphatic rings. The molecule has 0 aliphatic carbocycles. The van der Waals surface area contributed by atoms with E-state index in [0.29, 0.717) is 5.56 Å². The number of nitrogens with one attached hydrogen (secondary N) is 1. The molecule has 1 N–H and O–H groups in total. The molecule has 7 heteroatoms. The smallest absolute Gasteiger partial charge is 0.387 e. The minimum absolute atomic E-state index is 0.0487. The Hall–Kier alpha value is -2.36. The number of amides is 1. The molecular weight excluding hydrogens is 294 g/mol. The largest absolute Gasteiger partial charge is 0.490 e. The number of para-hydroxylation sites is 1. The highest BCUT2D eigenvalue weighted by molar-refractivity contribution is 5.84. The molecule has 0 saturated heterocycles. The molecule has 0 aromatic heterocycles. The second-order valence-corrected chi connectivity index (χ2v) is 4.98. The van der Waals surface area contributed by atoms with Gasteiger partial charge in [-0.3, -0.25) is 4.79 Å². The third-order valence-electron chi connectivity index (χ3n) is 2.85. The summed E-state index contributed by atoms with van der Waals surface area (Å²) < 4.78 is 34.9. The van der Waals surface area contributed by atoms with Crippen molar-refractivity contribution in [3.05, 3.63) is 23.8 Å². The van der Waals surface area contributed by atoms with Crippen LogP contribution in [0, 0.1) is 16.7 Å².